The Morgan fingerprint density at radius 2 is 1.88 bits per heavy atom. The van der Waals surface area contributed by atoms with Crippen LogP contribution < -0.4 is 15.5 Å². The number of ketones is 1. The lowest BCUT2D eigenvalue weighted by atomic mass is 10.1. The average molecular weight is 353 g/mol. The van der Waals surface area contributed by atoms with Crippen molar-refractivity contribution in [3.05, 3.63) is 60.2 Å². The summed E-state index contributed by atoms with van der Waals surface area (Å²) >= 11 is 5.38. The standard InChI is InChI=1S/C20H23N3OS/c1-15(24)17-7-9-18(10-8-17)22-20(25)21-13-16-11-12-23(14-16)19-5-3-2-4-6-19/h2-10,16H,11-14H2,1H3,(H2,21,22,25)/t16-/m1/s1. The Labute approximate surface area is 154 Å². The Morgan fingerprint density at radius 1 is 1.16 bits per heavy atom. The lowest BCUT2D eigenvalue weighted by molar-refractivity contribution is 0.101. The fourth-order valence-electron chi connectivity index (χ4n) is 3.07. The van der Waals surface area contributed by atoms with Crippen molar-refractivity contribution in [3.8, 4) is 0 Å². The van der Waals surface area contributed by atoms with Gasteiger partial charge in [-0.3, -0.25) is 4.79 Å². The highest BCUT2D eigenvalue weighted by molar-refractivity contribution is 7.80. The minimum absolute atomic E-state index is 0.0662. The second-order valence-electron chi connectivity index (χ2n) is 6.40. The molecular formula is C20H23N3OS. The van der Waals surface area contributed by atoms with Gasteiger partial charge in [-0.1, -0.05) is 18.2 Å². The number of thiocarbonyl (C=S) groups is 1. The first-order valence-electron chi connectivity index (χ1n) is 8.57. The third-order valence-electron chi connectivity index (χ3n) is 4.51. The average Bonchev–Trinajstić information content (AvgIpc) is 3.10. The summed E-state index contributed by atoms with van der Waals surface area (Å²) in [5.41, 5.74) is 2.88. The van der Waals surface area contributed by atoms with Crippen LogP contribution in [-0.4, -0.2) is 30.5 Å². The van der Waals surface area contributed by atoms with Crippen LogP contribution in [0.1, 0.15) is 23.7 Å². The molecule has 3 rings (SSSR count). The summed E-state index contributed by atoms with van der Waals surface area (Å²) in [6.07, 6.45) is 1.16. The lowest BCUT2D eigenvalue weighted by Gasteiger charge is -2.19. The molecule has 1 aliphatic rings. The number of anilines is 2. The number of hydrogen-bond donors (Lipinski definition) is 2. The molecule has 0 aromatic heterocycles. The maximum atomic E-state index is 11.3. The van der Waals surface area contributed by atoms with Gasteiger partial charge >= 0.3 is 0 Å². The highest BCUT2D eigenvalue weighted by Gasteiger charge is 2.22. The normalized spacial score (nSPS) is 16.5. The molecule has 5 heteroatoms. The van der Waals surface area contributed by atoms with Gasteiger partial charge in [-0.25, -0.2) is 0 Å². The van der Waals surface area contributed by atoms with Crippen molar-refractivity contribution < 1.29 is 4.79 Å². The number of rotatable bonds is 5. The molecule has 2 aromatic rings. The predicted octanol–water partition coefficient (Wildman–Crippen LogP) is 3.70. The number of Topliss-reactive ketones (excluding diaryl/α,β-unsaturated/α-hetero) is 1. The van der Waals surface area contributed by atoms with E-state index in [1.807, 2.05) is 30.3 Å². The molecule has 0 spiro atoms. The van der Waals surface area contributed by atoms with Gasteiger partial charge in [0.15, 0.2) is 10.9 Å². The van der Waals surface area contributed by atoms with Crippen molar-refractivity contribution in [2.75, 3.05) is 29.9 Å². The van der Waals surface area contributed by atoms with Crippen molar-refractivity contribution in [3.63, 3.8) is 0 Å². The Kier molecular flexibility index (Phi) is 5.66. The molecule has 1 aliphatic heterocycles. The number of hydrogen-bond acceptors (Lipinski definition) is 3. The Hall–Kier alpha value is -2.40. The molecule has 25 heavy (non-hydrogen) atoms. The van der Waals surface area contributed by atoms with Crippen LogP contribution in [0, 0.1) is 5.92 Å². The fraction of sp³-hybridized carbons (Fsp3) is 0.300. The van der Waals surface area contributed by atoms with E-state index < -0.39 is 0 Å². The van der Waals surface area contributed by atoms with E-state index in [2.05, 4.69) is 39.8 Å². The SMILES string of the molecule is CC(=O)c1ccc(NC(=S)NC[C@H]2CCN(c3ccccc3)C2)cc1. The number of nitrogens with zero attached hydrogens (tertiary/aromatic N) is 1. The molecular weight excluding hydrogens is 330 g/mol. The summed E-state index contributed by atoms with van der Waals surface area (Å²) in [5.74, 6) is 0.650. The maximum Gasteiger partial charge on any atom is 0.170 e. The first kappa shape index (κ1) is 17.4. The largest absolute Gasteiger partial charge is 0.371 e. The molecule has 0 unspecified atom stereocenters. The smallest absolute Gasteiger partial charge is 0.170 e. The van der Waals surface area contributed by atoms with E-state index in [0.717, 1.165) is 31.7 Å². The van der Waals surface area contributed by atoms with Crippen LogP contribution in [0.15, 0.2) is 54.6 Å². The number of benzene rings is 2. The van der Waals surface area contributed by atoms with Crippen molar-refractivity contribution in [2.45, 2.75) is 13.3 Å². The molecule has 0 aliphatic carbocycles. The lowest BCUT2D eigenvalue weighted by Crippen LogP contribution is -2.34. The first-order valence-corrected chi connectivity index (χ1v) is 8.98. The third kappa shape index (κ3) is 4.79. The summed E-state index contributed by atoms with van der Waals surface area (Å²) in [7, 11) is 0. The Bertz CT molecular complexity index is 730. The molecule has 130 valence electrons. The second kappa shape index (κ2) is 8.12. The second-order valence-corrected chi connectivity index (χ2v) is 6.81. The van der Waals surface area contributed by atoms with Crippen LogP contribution in [0.3, 0.4) is 0 Å². The van der Waals surface area contributed by atoms with Crippen LogP contribution in [-0.2, 0) is 0 Å². The van der Waals surface area contributed by atoms with Crippen molar-refractivity contribution in [1.29, 1.82) is 0 Å². The van der Waals surface area contributed by atoms with Crippen molar-refractivity contribution >= 4 is 34.5 Å². The molecule has 0 bridgehead atoms. The van der Waals surface area contributed by atoms with Gasteiger partial charge in [-0.15, -0.1) is 0 Å². The van der Waals surface area contributed by atoms with Crippen LogP contribution in [0.4, 0.5) is 11.4 Å². The molecule has 1 saturated heterocycles. The van der Waals surface area contributed by atoms with Gasteiger partial charge in [0.1, 0.15) is 0 Å². The van der Waals surface area contributed by atoms with E-state index in [9.17, 15) is 4.79 Å². The Morgan fingerprint density at radius 3 is 2.56 bits per heavy atom. The maximum absolute atomic E-state index is 11.3. The monoisotopic (exact) mass is 353 g/mol. The van der Waals surface area contributed by atoms with E-state index in [4.69, 9.17) is 12.2 Å². The molecule has 2 N–H and O–H groups in total. The number of carbonyl (C=O) groups excluding carboxylic acids is 1. The summed E-state index contributed by atoms with van der Waals surface area (Å²) in [6, 6.07) is 17.9. The zero-order chi connectivity index (χ0) is 17.6. The van der Waals surface area contributed by atoms with Crippen molar-refractivity contribution in [1.82, 2.24) is 5.32 Å². The van der Waals surface area contributed by atoms with E-state index in [1.54, 1.807) is 6.92 Å². The van der Waals surface area contributed by atoms with E-state index in [0.29, 0.717) is 16.6 Å². The highest BCUT2D eigenvalue weighted by atomic mass is 32.1. The zero-order valence-corrected chi connectivity index (χ0v) is 15.2. The summed E-state index contributed by atoms with van der Waals surface area (Å²) in [4.78, 5) is 13.7. The minimum atomic E-state index is 0.0662. The van der Waals surface area contributed by atoms with E-state index in [-0.39, 0.29) is 5.78 Å². The molecule has 0 radical (unpaired) electrons. The number of carbonyl (C=O) groups is 1. The molecule has 4 nitrogen and oxygen atoms in total. The van der Waals surface area contributed by atoms with Crippen molar-refractivity contribution in [2.24, 2.45) is 5.92 Å². The topological polar surface area (TPSA) is 44.4 Å². The van der Waals surface area contributed by atoms with Crippen LogP contribution in [0.25, 0.3) is 0 Å². The van der Waals surface area contributed by atoms with Crippen LogP contribution in [0.2, 0.25) is 0 Å². The van der Waals surface area contributed by atoms with Crippen LogP contribution >= 0.6 is 12.2 Å². The van der Waals surface area contributed by atoms with Gasteiger partial charge in [0.25, 0.3) is 0 Å². The molecule has 1 heterocycles. The molecule has 0 amide bonds. The van der Waals surface area contributed by atoms with Gasteiger partial charge in [-0.2, -0.15) is 0 Å². The molecule has 1 atom stereocenters. The van der Waals surface area contributed by atoms with E-state index >= 15 is 0 Å². The van der Waals surface area contributed by atoms with E-state index in [1.165, 1.54) is 5.69 Å². The third-order valence-corrected chi connectivity index (χ3v) is 4.75. The zero-order valence-electron chi connectivity index (χ0n) is 14.4. The minimum Gasteiger partial charge on any atom is -0.371 e. The van der Waals surface area contributed by atoms with Gasteiger partial charge in [-0.05, 0) is 67.9 Å². The first-order chi connectivity index (χ1) is 12.1. The highest BCUT2D eigenvalue weighted by Crippen LogP contribution is 2.23. The Balaban J connectivity index is 1.44. The fourth-order valence-corrected chi connectivity index (χ4v) is 3.27. The molecule has 0 saturated carbocycles. The number of nitrogens with one attached hydrogen (secondary N) is 2. The summed E-state index contributed by atoms with van der Waals surface area (Å²) < 4.78 is 0. The molecule has 1 fully saturated rings. The van der Waals surface area contributed by atoms with Gasteiger partial charge < -0.3 is 15.5 Å². The predicted molar refractivity (Wildman–Crippen MR) is 107 cm³/mol. The van der Waals surface area contributed by atoms with Gasteiger partial charge in [0.2, 0.25) is 0 Å². The van der Waals surface area contributed by atoms with Gasteiger partial charge in [0, 0.05) is 36.6 Å². The summed E-state index contributed by atoms with van der Waals surface area (Å²) in [6.45, 7) is 4.56. The van der Waals surface area contributed by atoms with Gasteiger partial charge in [0.05, 0.1) is 0 Å². The number of para-hydroxylation sites is 1. The van der Waals surface area contributed by atoms with Crippen LogP contribution in [0.5, 0.6) is 0 Å². The molecule has 2 aromatic carbocycles. The quantitative estimate of drug-likeness (QED) is 0.634. The summed E-state index contributed by atoms with van der Waals surface area (Å²) in [5, 5.41) is 7.10.